The zero-order valence-electron chi connectivity index (χ0n) is 20.5. The molecule has 1 aliphatic heterocycles. The van der Waals surface area contributed by atoms with Crippen LogP contribution < -0.4 is 4.31 Å². The van der Waals surface area contributed by atoms with Crippen molar-refractivity contribution in [2.45, 2.75) is 24.3 Å². The molecule has 37 heavy (non-hydrogen) atoms. The number of aromatic nitrogens is 1. The molecule has 0 aliphatic carbocycles. The lowest BCUT2D eigenvalue weighted by molar-refractivity contribution is 0.0696. The molecule has 1 saturated heterocycles. The fraction of sp³-hybridized carbons (Fsp3) is 0.207. The van der Waals surface area contributed by atoms with Crippen LogP contribution in [0, 0.1) is 5.92 Å². The Morgan fingerprint density at radius 2 is 1.81 bits per heavy atom. The monoisotopic (exact) mass is 532 g/mol. The van der Waals surface area contributed by atoms with Crippen LogP contribution in [-0.4, -0.2) is 39.8 Å². The fourth-order valence-corrected chi connectivity index (χ4v) is 5.64. The van der Waals surface area contributed by atoms with Gasteiger partial charge in [-0.25, -0.2) is 9.19 Å². The van der Waals surface area contributed by atoms with E-state index in [1.807, 2.05) is 65.6 Å². The number of hydrogen-bond acceptors (Lipinski definition) is 4. The molecule has 3 aromatic rings. The van der Waals surface area contributed by atoms with Crippen molar-refractivity contribution >= 4 is 40.9 Å². The van der Waals surface area contributed by atoms with E-state index in [9.17, 15) is 9.00 Å². The largest absolute Gasteiger partial charge is 0.337 e. The van der Waals surface area contributed by atoms with E-state index in [1.54, 1.807) is 28.7 Å². The van der Waals surface area contributed by atoms with Gasteiger partial charge in [-0.2, -0.15) is 0 Å². The van der Waals surface area contributed by atoms with E-state index in [2.05, 4.69) is 23.3 Å². The second-order valence-electron chi connectivity index (χ2n) is 8.68. The molecule has 1 aliphatic rings. The van der Waals surface area contributed by atoms with Crippen LogP contribution in [0.5, 0.6) is 0 Å². The number of piperidine rings is 1. The molecule has 190 valence electrons. The first-order valence-corrected chi connectivity index (χ1v) is 13.5. The number of hydrogen-bond donors (Lipinski definition) is 0. The predicted octanol–water partition coefficient (Wildman–Crippen LogP) is 6.09. The number of carbonyl (C=O) groups excluding carboxylic acids is 1. The summed E-state index contributed by atoms with van der Waals surface area (Å²) >= 11 is 6.05. The summed E-state index contributed by atoms with van der Waals surface area (Å²) in [6.45, 7) is 9.02. The van der Waals surface area contributed by atoms with Gasteiger partial charge in [0.1, 0.15) is 5.69 Å². The molecule has 1 aromatic heterocycles. The van der Waals surface area contributed by atoms with Crippen LogP contribution in [0.25, 0.3) is 0 Å². The van der Waals surface area contributed by atoms with E-state index in [1.165, 1.54) is 0 Å². The second kappa shape index (κ2) is 12.6. The summed E-state index contributed by atoms with van der Waals surface area (Å²) in [6, 6.07) is 20.2. The summed E-state index contributed by atoms with van der Waals surface area (Å²) in [6.07, 6.45) is 6.84. The Hall–Kier alpha value is -3.55. The first kappa shape index (κ1) is 26.5. The number of anilines is 1. The molecule has 0 spiro atoms. The number of aliphatic imine (C=N–C) groups is 1. The van der Waals surface area contributed by atoms with Crippen molar-refractivity contribution in [2.75, 3.05) is 17.4 Å². The number of pyridine rings is 1. The molecule has 1 unspecified atom stereocenters. The molecule has 2 aromatic carbocycles. The normalized spacial score (nSPS) is 15.2. The summed E-state index contributed by atoms with van der Waals surface area (Å²) < 4.78 is 15.3. The van der Waals surface area contributed by atoms with Gasteiger partial charge in [0.2, 0.25) is 0 Å². The highest BCUT2D eigenvalue weighted by molar-refractivity contribution is 7.86. The second-order valence-corrected chi connectivity index (χ2v) is 10.5. The van der Waals surface area contributed by atoms with Gasteiger partial charge in [-0.15, -0.1) is 0 Å². The standard InChI is InChI=1S/C29H29ClN4O2S/c1-3-7-27(31-2)23-16-18-33(19-17-23)29(35)28-15-14-25(20-32-28)34(21-22-10-12-24(30)13-11-22)37(36)26-8-5-4-6-9-26/h3-15,20,23H,1-2,16-19,21H2/b27-7-. The molecule has 0 bridgehead atoms. The fourth-order valence-electron chi connectivity index (χ4n) is 4.30. The molecule has 1 fully saturated rings. The minimum atomic E-state index is -1.47. The number of benzene rings is 2. The smallest absolute Gasteiger partial charge is 0.272 e. The van der Waals surface area contributed by atoms with Gasteiger partial charge in [0, 0.05) is 29.7 Å². The molecular formula is C29H29ClN4O2S. The van der Waals surface area contributed by atoms with Crippen LogP contribution in [0.1, 0.15) is 28.9 Å². The van der Waals surface area contributed by atoms with Crippen LogP contribution in [0.4, 0.5) is 5.69 Å². The van der Waals surface area contributed by atoms with Gasteiger partial charge < -0.3 is 4.90 Å². The minimum Gasteiger partial charge on any atom is -0.337 e. The lowest BCUT2D eigenvalue weighted by atomic mass is 9.93. The van der Waals surface area contributed by atoms with Crippen molar-refractivity contribution in [2.24, 2.45) is 10.9 Å². The van der Waals surface area contributed by atoms with Gasteiger partial charge in [-0.3, -0.25) is 14.1 Å². The number of nitrogens with zero attached hydrogens (tertiary/aromatic N) is 4. The third-order valence-electron chi connectivity index (χ3n) is 6.31. The minimum absolute atomic E-state index is 0.112. The van der Waals surface area contributed by atoms with Crippen LogP contribution in [0.2, 0.25) is 5.02 Å². The molecule has 1 atom stereocenters. The van der Waals surface area contributed by atoms with E-state index >= 15 is 0 Å². The van der Waals surface area contributed by atoms with Crippen molar-refractivity contribution in [1.82, 2.24) is 9.88 Å². The van der Waals surface area contributed by atoms with Crippen LogP contribution in [0.3, 0.4) is 0 Å². The molecular weight excluding hydrogens is 504 g/mol. The van der Waals surface area contributed by atoms with Gasteiger partial charge in [0.15, 0.2) is 11.0 Å². The van der Waals surface area contributed by atoms with Gasteiger partial charge >= 0.3 is 0 Å². The molecule has 8 heteroatoms. The first-order valence-electron chi connectivity index (χ1n) is 12.0. The summed E-state index contributed by atoms with van der Waals surface area (Å²) in [5, 5.41) is 0.641. The highest BCUT2D eigenvalue weighted by atomic mass is 35.5. The molecule has 4 rings (SSSR count). The van der Waals surface area contributed by atoms with Crippen molar-refractivity contribution in [3.8, 4) is 0 Å². The predicted molar refractivity (Wildman–Crippen MR) is 151 cm³/mol. The maximum absolute atomic E-state index is 13.5. The average molecular weight is 533 g/mol. The number of likely N-dealkylation sites (tertiary alicyclic amines) is 1. The molecule has 6 nitrogen and oxygen atoms in total. The Kier molecular flexibility index (Phi) is 9.04. The van der Waals surface area contributed by atoms with Gasteiger partial charge in [-0.05, 0) is 67.6 Å². The number of allylic oxidation sites excluding steroid dienone is 3. The highest BCUT2D eigenvalue weighted by Crippen LogP contribution is 2.27. The lowest BCUT2D eigenvalue weighted by Crippen LogP contribution is -2.39. The van der Waals surface area contributed by atoms with Crippen LogP contribution >= 0.6 is 11.6 Å². The lowest BCUT2D eigenvalue weighted by Gasteiger charge is -2.32. The van der Waals surface area contributed by atoms with E-state index < -0.39 is 11.0 Å². The summed E-state index contributed by atoms with van der Waals surface area (Å²) in [7, 11) is -1.47. The van der Waals surface area contributed by atoms with Crippen molar-refractivity contribution in [3.05, 3.63) is 114 Å². The Balaban J connectivity index is 1.50. The van der Waals surface area contributed by atoms with Crippen molar-refractivity contribution in [1.29, 1.82) is 0 Å². The molecule has 0 saturated carbocycles. The maximum atomic E-state index is 13.5. The van der Waals surface area contributed by atoms with Gasteiger partial charge in [-0.1, -0.05) is 54.6 Å². The van der Waals surface area contributed by atoms with Crippen molar-refractivity contribution in [3.63, 3.8) is 0 Å². The van der Waals surface area contributed by atoms with Gasteiger partial charge in [0.05, 0.1) is 23.3 Å². The maximum Gasteiger partial charge on any atom is 0.272 e. The molecule has 2 heterocycles. The van der Waals surface area contributed by atoms with Gasteiger partial charge in [0.25, 0.3) is 5.91 Å². The summed E-state index contributed by atoms with van der Waals surface area (Å²) in [5.41, 5.74) is 2.89. The Morgan fingerprint density at radius 1 is 1.11 bits per heavy atom. The van der Waals surface area contributed by atoms with Crippen LogP contribution in [-0.2, 0) is 17.5 Å². The molecule has 1 amide bonds. The number of rotatable bonds is 9. The zero-order chi connectivity index (χ0) is 26.2. The Bertz CT molecular complexity index is 1290. The first-order chi connectivity index (χ1) is 18.0. The summed E-state index contributed by atoms with van der Waals surface area (Å²) in [4.78, 5) is 24.2. The van der Waals surface area contributed by atoms with E-state index in [-0.39, 0.29) is 11.8 Å². The zero-order valence-corrected chi connectivity index (χ0v) is 22.1. The summed E-state index contributed by atoms with van der Waals surface area (Å²) in [5.74, 6) is 0.156. The SMILES string of the molecule is C=C/C=C(\N=C)C1CCN(C(=O)c2ccc(N(Cc3ccc(Cl)cc3)S(=O)c3ccccc3)cn2)CC1. The number of halogens is 1. The number of amides is 1. The van der Waals surface area contributed by atoms with Crippen LogP contribution in [0.15, 0.2) is 107 Å². The van der Waals surface area contributed by atoms with E-state index in [0.717, 1.165) is 24.1 Å². The molecule has 0 radical (unpaired) electrons. The quantitative estimate of drug-likeness (QED) is 0.247. The third kappa shape index (κ3) is 6.61. The van der Waals surface area contributed by atoms with E-state index in [0.29, 0.717) is 40.9 Å². The molecule has 0 N–H and O–H groups in total. The highest BCUT2D eigenvalue weighted by Gasteiger charge is 2.26. The number of carbonyl (C=O) groups is 1. The van der Waals surface area contributed by atoms with E-state index in [4.69, 9.17) is 11.6 Å². The Labute approximate surface area is 225 Å². The topological polar surface area (TPSA) is 65.9 Å². The average Bonchev–Trinajstić information content (AvgIpc) is 2.95. The third-order valence-corrected chi connectivity index (χ3v) is 7.98. The van der Waals surface area contributed by atoms with Crippen molar-refractivity contribution < 1.29 is 9.00 Å². The Morgan fingerprint density at radius 3 is 2.41 bits per heavy atom.